The molecule has 56 heavy (non-hydrogen) atoms. The summed E-state index contributed by atoms with van der Waals surface area (Å²) in [5.41, 5.74) is 5.73. The van der Waals surface area contributed by atoms with E-state index in [2.05, 4.69) is 65.3 Å². The molecule has 3 heterocycles. The molecule has 0 saturated heterocycles. The number of aliphatic carboxylic acids is 1. The van der Waals surface area contributed by atoms with Crippen molar-refractivity contribution in [3.05, 3.63) is 106 Å². The van der Waals surface area contributed by atoms with Crippen LogP contribution in [-0.4, -0.2) is 64.9 Å². The van der Waals surface area contributed by atoms with E-state index in [-0.39, 0.29) is 11.3 Å². The molecule has 2 N–H and O–H groups in total. The lowest BCUT2D eigenvalue weighted by Crippen LogP contribution is -2.53. The van der Waals surface area contributed by atoms with Gasteiger partial charge in [-0.2, -0.15) is 0 Å². The Morgan fingerprint density at radius 3 is 2.57 bits per heavy atom. The lowest BCUT2D eigenvalue weighted by atomic mass is 9.59. The zero-order valence-electron chi connectivity index (χ0n) is 32.9. The Morgan fingerprint density at radius 1 is 1.05 bits per heavy atom. The van der Waals surface area contributed by atoms with Crippen LogP contribution in [0, 0.1) is 17.8 Å². The van der Waals surface area contributed by atoms with Crippen molar-refractivity contribution in [2.45, 2.75) is 95.1 Å². The van der Waals surface area contributed by atoms with Gasteiger partial charge in [-0.25, -0.2) is 4.79 Å². The standard InChI is InChI=1S/C46H55ClN4O5/c1-30(27-54-40-12-19-49-39-9-4-6-31(2)43(39)40)20-35-21-34-22-41-42(56-29-33(28-55-41)26-51(3)25-32-10-17-48-18-11-32)24-38(34)45(35)13-15-46(16-14-45,44(52)53)50-37-8-5-7-36(47)23-37/h5,7-8,10-12,17-19,22-24,30-31,33,35,50H,4,6,9,13-16,20-21,25-29H2,1-3H3,(H,52,53)/t30-,31-,33?,35+,45?,46?/m1/s1. The Morgan fingerprint density at radius 2 is 1.82 bits per heavy atom. The van der Waals surface area contributed by atoms with Crippen molar-refractivity contribution in [1.82, 2.24) is 14.9 Å². The van der Waals surface area contributed by atoms with E-state index in [1.54, 1.807) is 0 Å². The van der Waals surface area contributed by atoms with Crippen LogP contribution < -0.4 is 19.5 Å². The lowest BCUT2D eigenvalue weighted by Gasteiger charge is -2.47. The average Bonchev–Trinajstić information content (AvgIpc) is 3.31. The van der Waals surface area contributed by atoms with Crippen LogP contribution in [0.25, 0.3) is 0 Å². The summed E-state index contributed by atoms with van der Waals surface area (Å²) in [6, 6.07) is 18.0. The maximum Gasteiger partial charge on any atom is 0.329 e. The van der Waals surface area contributed by atoms with E-state index in [1.807, 2.05) is 48.9 Å². The molecule has 1 saturated carbocycles. The van der Waals surface area contributed by atoms with E-state index in [1.165, 1.54) is 40.8 Å². The summed E-state index contributed by atoms with van der Waals surface area (Å²) < 4.78 is 19.7. The van der Waals surface area contributed by atoms with Crippen molar-refractivity contribution in [1.29, 1.82) is 0 Å². The molecule has 4 aliphatic rings. The van der Waals surface area contributed by atoms with E-state index in [4.69, 9.17) is 25.8 Å². The number of pyridine rings is 2. The maximum absolute atomic E-state index is 13.1. The zero-order valence-corrected chi connectivity index (χ0v) is 33.7. The number of anilines is 1. The molecule has 2 aromatic heterocycles. The highest BCUT2D eigenvalue weighted by Crippen LogP contribution is 2.58. The van der Waals surface area contributed by atoms with Gasteiger partial charge in [0.2, 0.25) is 0 Å². The van der Waals surface area contributed by atoms with E-state index in [9.17, 15) is 9.90 Å². The predicted molar refractivity (Wildman–Crippen MR) is 219 cm³/mol. The molecule has 2 aromatic carbocycles. The Labute approximate surface area is 336 Å². The number of nitrogens with one attached hydrogen (secondary N) is 1. The molecule has 1 spiro atoms. The smallest absolute Gasteiger partial charge is 0.329 e. The van der Waals surface area contributed by atoms with Crippen molar-refractivity contribution in [3.63, 3.8) is 0 Å². The molecule has 8 rings (SSSR count). The molecule has 0 amide bonds. The van der Waals surface area contributed by atoms with Crippen LogP contribution in [0.4, 0.5) is 5.69 Å². The molecule has 4 aromatic rings. The number of carboxylic acids is 1. The van der Waals surface area contributed by atoms with Crippen molar-refractivity contribution in [2.24, 2.45) is 17.8 Å². The number of nitrogens with zero attached hydrogens (tertiary/aromatic N) is 3. The van der Waals surface area contributed by atoms with E-state index < -0.39 is 11.5 Å². The minimum atomic E-state index is -1.09. The first-order valence-electron chi connectivity index (χ1n) is 20.5. The number of hydrogen-bond donors (Lipinski definition) is 2. The van der Waals surface area contributed by atoms with Gasteiger partial charge in [0.15, 0.2) is 11.5 Å². The average molecular weight is 779 g/mol. The Hall–Kier alpha value is -4.34. The van der Waals surface area contributed by atoms with Gasteiger partial charge in [-0.15, -0.1) is 0 Å². The molecular weight excluding hydrogens is 724 g/mol. The summed E-state index contributed by atoms with van der Waals surface area (Å²) in [4.78, 5) is 24.2. The number of fused-ring (bicyclic) bond motifs is 4. The quantitative estimate of drug-likeness (QED) is 0.146. The first kappa shape index (κ1) is 38.5. The fourth-order valence-corrected chi connectivity index (χ4v) is 10.4. The maximum atomic E-state index is 13.1. The highest BCUT2D eigenvalue weighted by molar-refractivity contribution is 6.30. The zero-order chi connectivity index (χ0) is 38.9. The number of aryl methyl sites for hydroxylation is 1. The van der Waals surface area contributed by atoms with E-state index in [0.29, 0.717) is 55.4 Å². The first-order chi connectivity index (χ1) is 27.1. The number of rotatable bonds is 12. The van der Waals surface area contributed by atoms with Gasteiger partial charge in [0.25, 0.3) is 0 Å². The molecule has 3 aliphatic carbocycles. The molecule has 1 unspecified atom stereocenters. The minimum absolute atomic E-state index is 0.197. The van der Waals surface area contributed by atoms with Crippen LogP contribution in [0.1, 0.15) is 92.7 Å². The number of halogens is 1. The minimum Gasteiger partial charge on any atom is -0.493 e. The second-order valence-electron chi connectivity index (χ2n) is 17.2. The largest absolute Gasteiger partial charge is 0.493 e. The van der Waals surface area contributed by atoms with Crippen LogP contribution in [0.15, 0.2) is 73.2 Å². The van der Waals surface area contributed by atoms with E-state index >= 15 is 0 Å². The normalized spacial score (nSPS) is 25.9. The number of carboxylic acid groups (broad SMARTS) is 1. The molecule has 1 aliphatic heterocycles. The number of ether oxygens (including phenoxy) is 3. The fraction of sp³-hybridized carbons (Fsp3) is 0.500. The van der Waals surface area contributed by atoms with Crippen LogP contribution in [-0.2, 0) is 29.6 Å². The van der Waals surface area contributed by atoms with Crippen LogP contribution in [0.3, 0.4) is 0 Å². The predicted octanol–water partition coefficient (Wildman–Crippen LogP) is 9.11. The highest BCUT2D eigenvalue weighted by atomic mass is 35.5. The van der Waals surface area contributed by atoms with Crippen LogP contribution in [0.2, 0.25) is 5.02 Å². The molecule has 4 atom stereocenters. The van der Waals surface area contributed by atoms with Gasteiger partial charge in [-0.3, -0.25) is 9.97 Å². The SMILES string of the molecule is C[C@@H](COc1ccnc2c1[C@H](C)CCC2)C[C@H]1Cc2cc3c(cc2C12CCC(Nc1cccc(Cl)c1)(C(=O)O)CC2)OCC(CN(C)Cc1ccncc1)CO3. The number of benzene rings is 2. The summed E-state index contributed by atoms with van der Waals surface area (Å²) in [5.74, 6) is 3.04. The van der Waals surface area contributed by atoms with Gasteiger partial charge in [0.05, 0.1) is 19.8 Å². The van der Waals surface area contributed by atoms with Gasteiger partial charge in [-0.05, 0) is 153 Å². The van der Waals surface area contributed by atoms with Crippen LogP contribution in [0.5, 0.6) is 17.2 Å². The highest BCUT2D eigenvalue weighted by Gasteiger charge is 2.54. The summed E-state index contributed by atoms with van der Waals surface area (Å²) >= 11 is 6.33. The van der Waals surface area contributed by atoms with Gasteiger partial charge in [-0.1, -0.05) is 31.5 Å². The monoisotopic (exact) mass is 778 g/mol. The van der Waals surface area contributed by atoms with Crippen LogP contribution >= 0.6 is 11.6 Å². The van der Waals surface area contributed by atoms with Crippen molar-refractivity contribution < 1.29 is 24.1 Å². The van der Waals surface area contributed by atoms with Gasteiger partial charge < -0.3 is 29.5 Å². The third kappa shape index (κ3) is 7.94. The Bertz CT molecular complexity index is 2020. The third-order valence-electron chi connectivity index (χ3n) is 13.1. The van der Waals surface area contributed by atoms with Crippen molar-refractivity contribution in [3.8, 4) is 17.2 Å². The van der Waals surface area contributed by atoms with Gasteiger partial charge >= 0.3 is 5.97 Å². The number of aromatic nitrogens is 2. The first-order valence-corrected chi connectivity index (χ1v) is 20.9. The Balaban J connectivity index is 1.02. The molecule has 0 bridgehead atoms. The summed E-state index contributed by atoms with van der Waals surface area (Å²) in [5, 5.41) is 14.7. The van der Waals surface area contributed by atoms with Gasteiger partial charge in [0.1, 0.15) is 11.3 Å². The fourth-order valence-electron chi connectivity index (χ4n) is 10.2. The van der Waals surface area contributed by atoms with Gasteiger partial charge in [0, 0.05) is 59.6 Å². The summed E-state index contributed by atoms with van der Waals surface area (Å²) in [7, 11) is 2.13. The molecule has 0 radical (unpaired) electrons. The molecule has 10 heteroatoms. The topological polar surface area (TPSA) is 106 Å². The summed E-state index contributed by atoms with van der Waals surface area (Å²) in [6.07, 6.45) is 13.3. The second kappa shape index (κ2) is 16.3. The van der Waals surface area contributed by atoms with Crippen molar-refractivity contribution >= 4 is 23.3 Å². The second-order valence-corrected chi connectivity index (χ2v) is 17.6. The molecule has 9 nitrogen and oxygen atoms in total. The lowest BCUT2D eigenvalue weighted by molar-refractivity contribution is -0.144. The summed E-state index contributed by atoms with van der Waals surface area (Å²) in [6.45, 7) is 8.05. The van der Waals surface area contributed by atoms with Crippen molar-refractivity contribution in [2.75, 3.05) is 38.7 Å². The molecule has 296 valence electrons. The third-order valence-corrected chi connectivity index (χ3v) is 13.3. The van der Waals surface area contributed by atoms with E-state index in [0.717, 1.165) is 68.1 Å². The molecular formula is C46H55ClN4O5. The number of carbonyl (C=O) groups is 1. The molecule has 1 fully saturated rings. The Kier molecular flexibility index (Phi) is 11.2. The number of hydrogen-bond acceptors (Lipinski definition) is 8.